The van der Waals surface area contributed by atoms with Crippen LogP contribution >= 0.6 is 0 Å². The molecule has 2 heteroatoms. The number of nitrogens with one attached hydrogen (secondary N) is 2. The fourth-order valence-corrected chi connectivity index (χ4v) is 2.66. The van der Waals surface area contributed by atoms with Crippen LogP contribution in [0.5, 0.6) is 0 Å². The Morgan fingerprint density at radius 3 is 2.80 bits per heavy atom. The van der Waals surface area contributed by atoms with E-state index in [0.717, 1.165) is 6.54 Å². The first-order chi connectivity index (χ1) is 7.34. The molecule has 2 aliphatic rings. The summed E-state index contributed by atoms with van der Waals surface area (Å²) >= 11 is 0. The predicted octanol–water partition coefficient (Wildman–Crippen LogP) is 2.79. The van der Waals surface area contributed by atoms with Gasteiger partial charge in [-0.15, -0.1) is 0 Å². The van der Waals surface area contributed by atoms with E-state index >= 15 is 0 Å². The SMILES string of the molecule is CC1CCc2ccc3c(c2N1)NCCC3. The van der Waals surface area contributed by atoms with Crippen molar-refractivity contribution in [1.82, 2.24) is 0 Å². The maximum absolute atomic E-state index is 3.63. The number of aryl methyl sites for hydroxylation is 2. The number of anilines is 2. The number of hydrogen-bond acceptors (Lipinski definition) is 2. The molecule has 0 spiro atoms. The molecule has 3 rings (SSSR count). The molecule has 15 heavy (non-hydrogen) atoms. The van der Waals surface area contributed by atoms with Gasteiger partial charge in [0.1, 0.15) is 0 Å². The van der Waals surface area contributed by atoms with Crippen molar-refractivity contribution in [3.05, 3.63) is 23.3 Å². The highest BCUT2D eigenvalue weighted by molar-refractivity contribution is 5.77. The van der Waals surface area contributed by atoms with Gasteiger partial charge in [-0.3, -0.25) is 0 Å². The first-order valence-electron chi connectivity index (χ1n) is 6.00. The van der Waals surface area contributed by atoms with Gasteiger partial charge in [0.2, 0.25) is 0 Å². The van der Waals surface area contributed by atoms with Crippen molar-refractivity contribution in [2.24, 2.45) is 0 Å². The van der Waals surface area contributed by atoms with Crippen LogP contribution in [0.4, 0.5) is 11.4 Å². The monoisotopic (exact) mass is 202 g/mol. The smallest absolute Gasteiger partial charge is 0.0613 e. The molecule has 2 aliphatic heterocycles. The molecule has 0 saturated carbocycles. The molecule has 1 aromatic rings. The van der Waals surface area contributed by atoms with E-state index in [2.05, 4.69) is 29.7 Å². The van der Waals surface area contributed by atoms with E-state index in [4.69, 9.17) is 0 Å². The van der Waals surface area contributed by atoms with Crippen molar-refractivity contribution in [3.63, 3.8) is 0 Å². The molecule has 0 bridgehead atoms. The average molecular weight is 202 g/mol. The van der Waals surface area contributed by atoms with Crippen molar-refractivity contribution in [3.8, 4) is 0 Å². The summed E-state index contributed by atoms with van der Waals surface area (Å²) in [6, 6.07) is 5.23. The van der Waals surface area contributed by atoms with Gasteiger partial charge in [0.15, 0.2) is 0 Å². The van der Waals surface area contributed by atoms with Crippen LogP contribution < -0.4 is 10.6 Å². The molecule has 0 radical (unpaired) electrons. The molecule has 0 aliphatic carbocycles. The molecule has 2 N–H and O–H groups in total. The summed E-state index contributed by atoms with van der Waals surface area (Å²) in [4.78, 5) is 0. The number of benzene rings is 1. The molecule has 2 nitrogen and oxygen atoms in total. The molecule has 2 heterocycles. The Labute approximate surface area is 91.1 Å². The van der Waals surface area contributed by atoms with Gasteiger partial charge in [0.25, 0.3) is 0 Å². The van der Waals surface area contributed by atoms with Gasteiger partial charge in [-0.2, -0.15) is 0 Å². The lowest BCUT2D eigenvalue weighted by atomic mass is 9.93. The molecular formula is C13H18N2. The molecular weight excluding hydrogens is 184 g/mol. The first-order valence-corrected chi connectivity index (χ1v) is 6.00. The minimum Gasteiger partial charge on any atom is -0.383 e. The summed E-state index contributed by atoms with van der Waals surface area (Å²) in [6.07, 6.45) is 4.97. The normalized spacial score (nSPS) is 23.4. The zero-order valence-corrected chi connectivity index (χ0v) is 9.27. The number of hydrogen-bond donors (Lipinski definition) is 2. The average Bonchev–Trinajstić information content (AvgIpc) is 2.29. The quantitative estimate of drug-likeness (QED) is 0.676. The fourth-order valence-electron chi connectivity index (χ4n) is 2.66. The minimum absolute atomic E-state index is 0.618. The topological polar surface area (TPSA) is 24.1 Å². The van der Waals surface area contributed by atoms with Crippen molar-refractivity contribution in [2.45, 2.75) is 38.6 Å². The Hall–Kier alpha value is -1.18. The second-order valence-electron chi connectivity index (χ2n) is 4.75. The van der Waals surface area contributed by atoms with E-state index < -0.39 is 0 Å². The predicted molar refractivity (Wildman–Crippen MR) is 64.7 cm³/mol. The Kier molecular flexibility index (Phi) is 2.08. The maximum atomic E-state index is 3.63. The second kappa shape index (κ2) is 3.44. The van der Waals surface area contributed by atoms with Crippen LogP contribution in [0.15, 0.2) is 12.1 Å². The van der Waals surface area contributed by atoms with E-state index in [1.165, 1.54) is 48.2 Å². The lowest BCUT2D eigenvalue weighted by Crippen LogP contribution is -2.25. The zero-order valence-electron chi connectivity index (χ0n) is 9.27. The standard InChI is InChI=1S/C13H18N2/c1-9-4-5-11-7-6-10-3-2-8-14-12(10)13(11)15-9/h6-7,9,14-15H,2-5,8H2,1H3. The van der Waals surface area contributed by atoms with Crippen LogP contribution in [0.2, 0.25) is 0 Å². The van der Waals surface area contributed by atoms with E-state index in [9.17, 15) is 0 Å². The molecule has 1 unspecified atom stereocenters. The highest BCUT2D eigenvalue weighted by Gasteiger charge is 2.20. The van der Waals surface area contributed by atoms with Gasteiger partial charge in [0.05, 0.1) is 11.4 Å². The minimum atomic E-state index is 0.618. The van der Waals surface area contributed by atoms with Crippen LogP contribution in [-0.2, 0) is 12.8 Å². The van der Waals surface area contributed by atoms with Crippen molar-refractivity contribution in [2.75, 3.05) is 17.2 Å². The van der Waals surface area contributed by atoms with Gasteiger partial charge >= 0.3 is 0 Å². The molecule has 0 aromatic heterocycles. The Bertz CT molecular complexity index is 384. The van der Waals surface area contributed by atoms with Crippen LogP contribution in [0.1, 0.15) is 30.9 Å². The molecule has 80 valence electrons. The Balaban J connectivity index is 2.08. The Morgan fingerprint density at radius 2 is 1.93 bits per heavy atom. The van der Waals surface area contributed by atoms with Crippen LogP contribution in [0.25, 0.3) is 0 Å². The summed E-state index contributed by atoms with van der Waals surface area (Å²) < 4.78 is 0. The fraction of sp³-hybridized carbons (Fsp3) is 0.538. The molecule has 0 fully saturated rings. The molecule has 1 aromatic carbocycles. The van der Waals surface area contributed by atoms with Gasteiger partial charge in [-0.1, -0.05) is 12.1 Å². The van der Waals surface area contributed by atoms with Gasteiger partial charge in [0, 0.05) is 12.6 Å². The third-order valence-electron chi connectivity index (χ3n) is 3.54. The van der Waals surface area contributed by atoms with Gasteiger partial charge in [-0.25, -0.2) is 0 Å². The second-order valence-corrected chi connectivity index (χ2v) is 4.75. The molecule has 0 amide bonds. The third kappa shape index (κ3) is 1.48. The summed E-state index contributed by atoms with van der Waals surface area (Å²) in [7, 11) is 0. The zero-order chi connectivity index (χ0) is 10.3. The van der Waals surface area contributed by atoms with E-state index in [1.54, 1.807) is 0 Å². The van der Waals surface area contributed by atoms with Crippen LogP contribution in [-0.4, -0.2) is 12.6 Å². The number of rotatable bonds is 0. The lowest BCUT2D eigenvalue weighted by Gasteiger charge is -2.30. The summed E-state index contributed by atoms with van der Waals surface area (Å²) in [6.45, 7) is 3.39. The van der Waals surface area contributed by atoms with Gasteiger partial charge < -0.3 is 10.6 Å². The highest BCUT2D eigenvalue weighted by atomic mass is 15.0. The lowest BCUT2D eigenvalue weighted by molar-refractivity contribution is 0.679. The summed E-state index contributed by atoms with van der Waals surface area (Å²) in [5, 5.41) is 7.17. The number of fused-ring (bicyclic) bond motifs is 3. The summed E-state index contributed by atoms with van der Waals surface area (Å²) in [5.74, 6) is 0. The summed E-state index contributed by atoms with van der Waals surface area (Å²) in [5.41, 5.74) is 5.74. The highest BCUT2D eigenvalue weighted by Crippen LogP contribution is 2.37. The molecule has 0 saturated heterocycles. The first kappa shape index (κ1) is 9.08. The van der Waals surface area contributed by atoms with E-state index in [0.29, 0.717) is 6.04 Å². The molecule has 1 atom stereocenters. The van der Waals surface area contributed by atoms with Crippen molar-refractivity contribution < 1.29 is 0 Å². The maximum Gasteiger partial charge on any atom is 0.0613 e. The van der Waals surface area contributed by atoms with Gasteiger partial charge in [-0.05, 0) is 43.7 Å². The van der Waals surface area contributed by atoms with Crippen molar-refractivity contribution >= 4 is 11.4 Å². The van der Waals surface area contributed by atoms with E-state index in [1.807, 2.05) is 0 Å². The van der Waals surface area contributed by atoms with Crippen LogP contribution in [0, 0.1) is 0 Å². The van der Waals surface area contributed by atoms with Crippen molar-refractivity contribution in [1.29, 1.82) is 0 Å². The Morgan fingerprint density at radius 1 is 1.13 bits per heavy atom. The van der Waals surface area contributed by atoms with E-state index in [-0.39, 0.29) is 0 Å². The third-order valence-corrected chi connectivity index (χ3v) is 3.54. The largest absolute Gasteiger partial charge is 0.383 e. The van der Waals surface area contributed by atoms with Crippen LogP contribution in [0.3, 0.4) is 0 Å².